The van der Waals surface area contributed by atoms with Crippen molar-refractivity contribution in [3.8, 4) is 0 Å². The molecule has 3 rings (SSSR count). The lowest BCUT2D eigenvalue weighted by Gasteiger charge is -2.20. The molecule has 25 heavy (non-hydrogen) atoms. The van der Waals surface area contributed by atoms with Gasteiger partial charge in [0.1, 0.15) is 0 Å². The van der Waals surface area contributed by atoms with Gasteiger partial charge in [-0.2, -0.15) is 0 Å². The molecule has 0 radical (unpaired) electrons. The number of thiophene rings is 2. The number of hydrogen-bond donors (Lipinski definition) is 1. The topological polar surface area (TPSA) is 32.3 Å². The molecule has 0 atom stereocenters. The Bertz CT molecular complexity index is 751. The van der Waals surface area contributed by atoms with Crippen molar-refractivity contribution in [2.24, 2.45) is 0 Å². The summed E-state index contributed by atoms with van der Waals surface area (Å²) < 4.78 is 0. The molecule has 130 valence electrons. The van der Waals surface area contributed by atoms with Crippen LogP contribution in [0, 0.1) is 0 Å². The number of amides is 1. The van der Waals surface area contributed by atoms with E-state index >= 15 is 0 Å². The average molecular weight is 391 g/mol. The summed E-state index contributed by atoms with van der Waals surface area (Å²) in [5, 5.41) is 7.80. The van der Waals surface area contributed by atoms with Crippen LogP contribution in [-0.2, 0) is 24.4 Å². The molecular weight excluding hydrogens is 372 g/mol. The number of nitrogens with zero attached hydrogens (tertiary/aromatic N) is 1. The van der Waals surface area contributed by atoms with Gasteiger partial charge in [-0.1, -0.05) is 35.9 Å². The van der Waals surface area contributed by atoms with E-state index in [9.17, 15) is 4.79 Å². The van der Waals surface area contributed by atoms with Gasteiger partial charge in [0.25, 0.3) is 0 Å². The highest BCUT2D eigenvalue weighted by Gasteiger charge is 2.13. The molecular formula is C19H19ClN2OS2. The van der Waals surface area contributed by atoms with Gasteiger partial charge in [-0.3, -0.25) is 9.69 Å². The number of hydrogen-bond acceptors (Lipinski definition) is 4. The summed E-state index contributed by atoms with van der Waals surface area (Å²) in [7, 11) is 0. The Labute approximate surface area is 160 Å². The van der Waals surface area contributed by atoms with Gasteiger partial charge in [-0.25, -0.2) is 0 Å². The Morgan fingerprint density at radius 3 is 2.24 bits per heavy atom. The minimum Gasteiger partial charge on any atom is -0.351 e. The zero-order valence-electron chi connectivity index (χ0n) is 13.7. The smallest absolute Gasteiger partial charge is 0.234 e. The van der Waals surface area contributed by atoms with E-state index in [1.54, 1.807) is 22.7 Å². The maximum absolute atomic E-state index is 12.4. The Kier molecular flexibility index (Phi) is 6.64. The van der Waals surface area contributed by atoms with E-state index in [0.29, 0.717) is 18.1 Å². The molecule has 3 nitrogen and oxygen atoms in total. The lowest BCUT2D eigenvalue weighted by molar-refractivity contribution is -0.122. The standard InChI is InChI=1S/C19H19ClN2OS2/c20-16-5-1-4-15(10-16)11-21-19(23)14-22(12-17-6-2-8-24-17)13-18-7-3-9-25-18/h1-10H,11-14H2,(H,21,23). The van der Waals surface area contributed by atoms with E-state index in [1.807, 2.05) is 36.4 Å². The van der Waals surface area contributed by atoms with Crippen LogP contribution in [0.25, 0.3) is 0 Å². The molecule has 0 saturated carbocycles. The van der Waals surface area contributed by atoms with E-state index < -0.39 is 0 Å². The number of benzene rings is 1. The highest BCUT2D eigenvalue weighted by Crippen LogP contribution is 2.17. The summed E-state index contributed by atoms with van der Waals surface area (Å²) in [4.78, 5) is 17.1. The first-order valence-corrected chi connectivity index (χ1v) is 10.1. The van der Waals surface area contributed by atoms with Crippen LogP contribution in [0.3, 0.4) is 0 Å². The summed E-state index contributed by atoms with van der Waals surface area (Å²) in [6.07, 6.45) is 0. The number of rotatable bonds is 8. The molecule has 1 N–H and O–H groups in total. The van der Waals surface area contributed by atoms with Crippen molar-refractivity contribution in [2.75, 3.05) is 6.54 Å². The molecule has 3 aromatic rings. The predicted octanol–water partition coefficient (Wildman–Crippen LogP) is 4.78. The van der Waals surface area contributed by atoms with E-state index in [4.69, 9.17) is 11.6 Å². The summed E-state index contributed by atoms with van der Waals surface area (Å²) >= 11 is 9.42. The first kappa shape index (κ1) is 18.1. The summed E-state index contributed by atoms with van der Waals surface area (Å²) in [6.45, 7) is 2.42. The van der Waals surface area contributed by atoms with Crippen LogP contribution in [0.4, 0.5) is 0 Å². The molecule has 0 aliphatic heterocycles. The van der Waals surface area contributed by atoms with Gasteiger partial charge < -0.3 is 5.32 Å². The largest absolute Gasteiger partial charge is 0.351 e. The van der Waals surface area contributed by atoms with Crippen molar-refractivity contribution >= 4 is 40.2 Å². The average Bonchev–Trinajstić information content (AvgIpc) is 3.27. The van der Waals surface area contributed by atoms with E-state index in [0.717, 1.165) is 18.7 Å². The summed E-state index contributed by atoms with van der Waals surface area (Å²) in [6, 6.07) is 15.9. The van der Waals surface area contributed by atoms with Gasteiger partial charge in [0.05, 0.1) is 6.54 Å². The van der Waals surface area contributed by atoms with Crippen molar-refractivity contribution in [1.82, 2.24) is 10.2 Å². The maximum atomic E-state index is 12.4. The monoisotopic (exact) mass is 390 g/mol. The molecule has 0 bridgehead atoms. The Morgan fingerprint density at radius 1 is 1.00 bits per heavy atom. The fourth-order valence-electron chi connectivity index (χ4n) is 2.52. The first-order chi connectivity index (χ1) is 12.2. The SMILES string of the molecule is O=C(CN(Cc1cccs1)Cc1cccs1)NCc1cccc(Cl)c1. The molecule has 0 spiro atoms. The molecule has 2 aromatic heterocycles. The normalized spacial score (nSPS) is 11.0. The second-order valence-corrected chi connectivity index (χ2v) is 8.21. The molecule has 1 amide bonds. The van der Waals surface area contributed by atoms with Crippen LogP contribution < -0.4 is 5.32 Å². The molecule has 6 heteroatoms. The van der Waals surface area contributed by atoms with Crippen molar-refractivity contribution in [1.29, 1.82) is 0 Å². The van der Waals surface area contributed by atoms with Gasteiger partial charge in [0.15, 0.2) is 0 Å². The van der Waals surface area contributed by atoms with Gasteiger partial charge in [-0.15, -0.1) is 22.7 Å². The van der Waals surface area contributed by atoms with Crippen molar-refractivity contribution in [2.45, 2.75) is 19.6 Å². The molecule has 0 aliphatic carbocycles. The number of carbonyl (C=O) groups excluding carboxylic acids is 1. The highest BCUT2D eigenvalue weighted by atomic mass is 35.5. The molecule has 0 fully saturated rings. The molecule has 0 unspecified atom stereocenters. The van der Waals surface area contributed by atoms with E-state index in [1.165, 1.54) is 9.75 Å². The molecule has 2 heterocycles. The number of nitrogens with one attached hydrogen (secondary N) is 1. The fraction of sp³-hybridized carbons (Fsp3) is 0.211. The highest BCUT2D eigenvalue weighted by molar-refractivity contribution is 7.10. The molecule has 0 saturated heterocycles. The van der Waals surface area contributed by atoms with Gasteiger partial charge in [0.2, 0.25) is 5.91 Å². The van der Waals surface area contributed by atoms with Crippen LogP contribution in [0.5, 0.6) is 0 Å². The van der Waals surface area contributed by atoms with E-state index in [-0.39, 0.29) is 5.91 Å². The van der Waals surface area contributed by atoms with Gasteiger partial charge in [0, 0.05) is 34.4 Å². The van der Waals surface area contributed by atoms with Gasteiger partial charge in [-0.05, 0) is 40.6 Å². The van der Waals surface area contributed by atoms with Crippen molar-refractivity contribution in [3.63, 3.8) is 0 Å². The molecule has 1 aromatic carbocycles. The van der Waals surface area contributed by atoms with Crippen LogP contribution in [0.15, 0.2) is 59.3 Å². The Hall–Kier alpha value is -1.66. The third-order valence-electron chi connectivity index (χ3n) is 3.67. The zero-order chi connectivity index (χ0) is 17.5. The predicted molar refractivity (Wildman–Crippen MR) is 106 cm³/mol. The van der Waals surface area contributed by atoms with Crippen LogP contribution in [0.2, 0.25) is 5.02 Å². The number of carbonyl (C=O) groups is 1. The second kappa shape index (κ2) is 9.15. The lowest BCUT2D eigenvalue weighted by atomic mass is 10.2. The third kappa shape index (κ3) is 5.97. The quantitative estimate of drug-likeness (QED) is 0.600. The number of halogens is 1. The first-order valence-electron chi connectivity index (χ1n) is 7.97. The minimum atomic E-state index is 0.0214. The van der Waals surface area contributed by atoms with Crippen molar-refractivity contribution in [3.05, 3.63) is 79.6 Å². The fourth-order valence-corrected chi connectivity index (χ4v) is 4.23. The zero-order valence-corrected chi connectivity index (χ0v) is 16.0. The second-order valence-electron chi connectivity index (χ2n) is 5.71. The van der Waals surface area contributed by atoms with Gasteiger partial charge >= 0.3 is 0 Å². The van der Waals surface area contributed by atoms with E-state index in [2.05, 4.69) is 33.1 Å². The Balaban J connectivity index is 1.57. The van der Waals surface area contributed by atoms with Crippen LogP contribution in [-0.4, -0.2) is 17.4 Å². The lowest BCUT2D eigenvalue weighted by Crippen LogP contribution is -2.36. The minimum absolute atomic E-state index is 0.0214. The molecule has 0 aliphatic rings. The van der Waals surface area contributed by atoms with Crippen LogP contribution >= 0.6 is 34.3 Å². The van der Waals surface area contributed by atoms with Crippen molar-refractivity contribution < 1.29 is 4.79 Å². The van der Waals surface area contributed by atoms with Crippen LogP contribution in [0.1, 0.15) is 15.3 Å². The Morgan fingerprint density at radius 2 is 1.68 bits per heavy atom. The summed E-state index contributed by atoms with van der Waals surface area (Å²) in [5.41, 5.74) is 1.00. The summed E-state index contributed by atoms with van der Waals surface area (Å²) in [5.74, 6) is 0.0214. The third-order valence-corrected chi connectivity index (χ3v) is 5.62. The maximum Gasteiger partial charge on any atom is 0.234 e.